The molecule has 1 heterocycles. The van der Waals surface area contributed by atoms with Crippen molar-refractivity contribution in [2.45, 2.75) is 45.4 Å². The number of carbonyl (C=O) groups is 1. The third-order valence-electron chi connectivity index (χ3n) is 5.79. The van der Waals surface area contributed by atoms with Crippen LogP contribution in [0.1, 0.15) is 44.7 Å². The molecule has 0 amide bonds. The molecule has 3 aromatic carbocycles. The first-order valence-electron chi connectivity index (χ1n) is 10.9. The van der Waals surface area contributed by atoms with Gasteiger partial charge in [-0.2, -0.15) is 0 Å². The number of hydrogen-bond acceptors (Lipinski definition) is 1. The van der Waals surface area contributed by atoms with Crippen molar-refractivity contribution in [3.8, 4) is 16.9 Å². The van der Waals surface area contributed by atoms with Crippen LogP contribution >= 0.6 is 0 Å². The fourth-order valence-electron chi connectivity index (χ4n) is 4.04. The molecule has 31 heavy (non-hydrogen) atoms. The zero-order valence-corrected chi connectivity index (χ0v) is 18.4. The van der Waals surface area contributed by atoms with E-state index in [2.05, 4.69) is 98.1 Å². The molecule has 3 nitrogen and oxygen atoms in total. The number of nitrogens with zero attached hydrogens (tertiary/aromatic N) is 1. The summed E-state index contributed by atoms with van der Waals surface area (Å²) in [5, 5.41) is 10.1. The number of benzene rings is 3. The Bertz CT molecular complexity index is 1200. The molecule has 0 radical (unpaired) electrons. The molecule has 4 rings (SSSR count). The molecule has 0 aliphatic carbocycles. The molecule has 4 aromatic rings. The van der Waals surface area contributed by atoms with Gasteiger partial charge in [-0.15, -0.1) is 0 Å². The van der Waals surface area contributed by atoms with Crippen LogP contribution in [0, 0.1) is 0 Å². The molecular weight excluding hydrogens is 382 g/mol. The molecule has 0 aliphatic rings. The van der Waals surface area contributed by atoms with E-state index in [4.69, 9.17) is 5.11 Å². The van der Waals surface area contributed by atoms with Gasteiger partial charge in [0.2, 0.25) is 0 Å². The quantitative estimate of drug-likeness (QED) is 0.371. The Morgan fingerprint density at radius 1 is 0.903 bits per heavy atom. The summed E-state index contributed by atoms with van der Waals surface area (Å²) in [6.07, 6.45) is 1.64. The van der Waals surface area contributed by atoms with Crippen molar-refractivity contribution in [2.24, 2.45) is 0 Å². The van der Waals surface area contributed by atoms with Gasteiger partial charge < -0.3 is 9.67 Å². The summed E-state index contributed by atoms with van der Waals surface area (Å²) in [5.41, 5.74) is 7.23. The van der Waals surface area contributed by atoms with Crippen LogP contribution in [0.5, 0.6) is 0 Å². The van der Waals surface area contributed by atoms with E-state index in [1.807, 2.05) is 6.07 Å². The van der Waals surface area contributed by atoms with Gasteiger partial charge in [0.1, 0.15) is 0 Å². The van der Waals surface area contributed by atoms with Crippen LogP contribution in [0.2, 0.25) is 0 Å². The minimum Gasteiger partial charge on any atom is -0.481 e. The van der Waals surface area contributed by atoms with E-state index in [9.17, 15) is 4.79 Å². The van der Waals surface area contributed by atoms with E-state index in [1.54, 1.807) is 0 Å². The second-order valence-electron chi connectivity index (χ2n) is 9.17. The number of carboxylic acid groups (broad SMARTS) is 1. The fourth-order valence-corrected chi connectivity index (χ4v) is 4.04. The number of rotatable bonds is 6. The third-order valence-corrected chi connectivity index (χ3v) is 5.79. The van der Waals surface area contributed by atoms with Gasteiger partial charge in [-0.05, 0) is 65.3 Å². The van der Waals surface area contributed by atoms with Gasteiger partial charge in [0.15, 0.2) is 0 Å². The van der Waals surface area contributed by atoms with Crippen molar-refractivity contribution >= 4 is 16.9 Å². The second kappa shape index (κ2) is 8.43. The summed E-state index contributed by atoms with van der Waals surface area (Å²) in [6.45, 7) is 6.73. The molecule has 0 spiro atoms. The van der Waals surface area contributed by atoms with Crippen molar-refractivity contribution in [1.29, 1.82) is 0 Å². The Labute approximate surface area is 184 Å². The molecule has 158 valence electrons. The largest absolute Gasteiger partial charge is 0.481 e. The molecule has 0 saturated carbocycles. The Balaban J connectivity index is 1.79. The maximum atomic E-state index is 10.8. The SMILES string of the molecule is CC(C)(C)c1ccc2c(c1)cc(-c1ccccc1)n2-c1ccc(CCCC(=O)O)cc1. The first kappa shape index (κ1) is 20.9. The highest BCUT2D eigenvalue weighted by Gasteiger charge is 2.17. The maximum absolute atomic E-state index is 10.8. The van der Waals surface area contributed by atoms with Crippen molar-refractivity contribution in [1.82, 2.24) is 4.57 Å². The van der Waals surface area contributed by atoms with Gasteiger partial charge in [-0.3, -0.25) is 4.79 Å². The summed E-state index contributed by atoms with van der Waals surface area (Å²) in [5.74, 6) is -0.738. The smallest absolute Gasteiger partial charge is 0.303 e. The number of hydrogen-bond donors (Lipinski definition) is 1. The first-order chi connectivity index (χ1) is 14.8. The van der Waals surface area contributed by atoms with E-state index in [-0.39, 0.29) is 11.8 Å². The summed E-state index contributed by atoms with van der Waals surface area (Å²) in [6, 6.07) is 28.0. The highest BCUT2D eigenvalue weighted by atomic mass is 16.4. The molecule has 0 unspecified atom stereocenters. The van der Waals surface area contributed by atoms with E-state index in [1.165, 1.54) is 27.7 Å². The zero-order valence-electron chi connectivity index (χ0n) is 18.4. The first-order valence-corrected chi connectivity index (χ1v) is 10.9. The minimum atomic E-state index is -0.738. The van der Waals surface area contributed by atoms with Crippen molar-refractivity contribution < 1.29 is 9.90 Å². The Morgan fingerprint density at radius 2 is 1.61 bits per heavy atom. The van der Waals surface area contributed by atoms with E-state index >= 15 is 0 Å². The van der Waals surface area contributed by atoms with Gasteiger partial charge in [0.05, 0.1) is 11.2 Å². The molecule has 0 aliphatic heterocycles. The number of aryl methyl sites for hydroxylation is 1. The number of aliphatic carboxylic acids is 1. The average Bonchev–Trinajstić information content (AvgIpc) is 3.13. The lowest BCUT2D eigenvalue weighted by molar-refractivity contribution is -0.137. The van der Waals surface area contributed by atoms with Crippen LogP contribution in [0.4, 0.5) is 0 Å². The predicted octanol–water partition coefficient (Wildman–Crippen LogP) is 7.00. The lowest BCUT2D eigenvalue weighted by atomic mass is 9.86. The molecule has 0 fully saturated rings. The molecule has 0 saturated heterocycles. The van der Waals surface area contributed by atoms with Gasteiger partial charge in [-0.25, -0.2) is 0 Å². The van der Waals surface area contributed by atoms with Gasteiger partial charge in [0, 0.05) is 17.5 Å². The predicted molar refractivity (Wildman–Crippen MR) is 128 cm³/mol. The Kier molecular flexibility index (Phi) is 5.69. The highest BCUT2D eigenvalue weighted by Crippen LogP contribution is 2.34. The summed E-state index contributed by atoms with van der Waals surface area (Å²) >= 11 is 0. The lowest BCUT2D eigenvalue weighted by Crippen LogP contribution is -2.10. The van der Waals surface area contributed by atoms with Crippen LogP contribution in [0.25, 0.3) is 27.8 Å². The average molecular weight is 412 g/mol. The maximum Gasteiger partial charge on any atom is 0.303 e. The summed E-state index contributed by atoms with van der Waals surface area (Å²) in [4.78, 5) is 10.8. The van der Waals surface area contributed by atoms with Crippen molar-refractivity contribution in [3.63, 3.8) is 0 Å². The number of carboxylic acids is 1. The standard InChI is InChI=1S/C28H29NO2/c1-28(2,3)23-14-17-25-22(18-23)19-26(21-9-5-4-6-10-21)29(25)24-15-12-20(13-16-24)8-7-11-27(30)31/h4-6,9-10,12-19H,7-8,11H2,1-3H3,(H,30,31). The highest BCUT2D eigenvalue weighted by molar-refractivity contribution is 5.90. The molecule has 1 aromatic heterocycles. The van der Waals surface area contributed by atoms with Gasteiger partial charge >= 0.3 is 5.97 Å². The van der Waals surface area contributed by atoms with Crippen LogP contribution in [-0.2, 0) is 16.6 Å². The van der Waals surface area contributed by atoms with Crippen LogP contribution in [0.3, 0.4) is 0 Å². The fraction of sp³-hybridized carbons (Fsp3) is 0.250. The topological polar surface area (TPSA) is 42.2 Å². The molecule has 0 bridgehead atoms. The molecule has 0 atom stereocenters. The van der Waals surface area contributed by atoms with Gasteiger partial charge in [0.25, 0.3) is 0 Å². The van der Waals surface area contributed by atoms with E-state index in [0.717, 1.165) is 17.7 Å². The lowest BCUT2D eigenvalue weighted by Gasteiger charge is -2.19. The molecule has 1 N–H and O–H groups in total. The zero-order chi connectivity index (χ0) is 22.0. The Morgan fingerprint density at radius 3 is 2.26 bits per heavy atom. The second-order valence-corrected chi connectivity index (χ2v) is 9.17. The van der Waals surface area contributed by atoms with Crippen LogP contribution in [0.15, 0.2) is 78.9 Å². The summed E-state index contributed by atoms with van der Waals surface area (Å²) in [7, 11) is 0. The molecule has 3 heteroatoms. The molecular formula is C28H29NO2. The third kappa shape index (κ3) is 4.56. The van der Waals surface area contributed by atoms with Crippen molar-refractivity contribution in [2.75, 3.05) is 0 Å². The van der Waals surface area contributed by atoms with Crippen LogP contribution < -0.4 is 0 Å². The van der Waals surface area contributed by atoms with E-state index < -0.39 is 5.97 Å². The summed E-state index contributed by atoms with van der Waals surface area (Å²) < 4.78 is 2.32. The minimum absolute atomic E-state index is 0.0980. The van der Waals surface area contributed by atoms with E-state index in [0.29, 0.717) is 6.42 Å². The number of fused-ring (bicyclic) bond motifs is 1. The normalized spacial score (nSPS) is 11.7. The number of aromatic nitrogens is 1. The monoisotopic (exact) mass is 411 g/mol. The Hall–Kier alpha value is -3.33. The van der Waals surface area contributed by atoms with Crippen molar-refractivity contribution in [3.05, 3.63) is 90.0 Å². The van der Waals surface area contributed by atoms with Crippen LogP contribution in [-0.4, -0.2) is 15.6 Å². The van der Waals surface area contributed by atoms with Gasteiger partial charge in [-0.1, -0.05) is 69.3 Å².